The molecule has 6 nitrogen and oxygen atoms in total. The van der Waals surface area contributed by atoms with Gasteiger partial charge in [-0.3, -0.25) is 10.2 Å². The Hall–Kier alpha value is -2.36. The zero-order valence-corrected chi connectivity index (χ0v) is 15.3. The lowest BCUT2D eigenvalue weighted by Gasteiger charge is -2.14. The number of carbonyl (C=O) groups excluding carboxylic acids is 1. The van der Waals surface area contributed by atoms with E-state index in [4.69, 9.17) is 4.74 Å². The topological polar surface area (TPSA) is 84.5 Å². The number of hydrogen-bond donors (Lipinski definition) is 2. The first-order chi connectivity index (χ1) is 12.8. The summed E-state index contributed by atoms with van der Waals surface area (Å²) in [6.45, 7) is 1.83. The number of ether oxygens (including phenoxy) is 1. The highest BCUT2D eigenvalue weighted by Crippen LogP contribution is 2.25. The predicted octanol–water partition coefficient (Wildman–Crippen LogP) is 2.29. The predicted molar refractivity (Wildman–Crippen MR) is 95.3 cm³/mol. The average molecular weight is 396 g/mol. The molecule has 0 spiro atoms. The molecule has 0 bridgehead atoms. The molecule has 0 radical (unpaired) electrons. The first kappa shape index (κ1) is 19.4. The molecule has 0 saturated carbocycles. The molecule has 3 rings (SSSR count). The van der Waals surface area contributed by atoms with Gasteiger partial charge >= 0.3 is 0 Å². The summed E-state index contributed by atoms with van der Waals surface area (Å²) in [6, 6.07) is 8.40. The van der Waals surface area contributed by atoms with Gasteiger partial charge in [-0.25, -0.2) is 17.2 Å². The first-order valence-electron chi connectivity index (χ1n) is 8.23. The quantitative estimate of drug-likeness (QED) is 0.760. The van der Waals surface area contributed by atoms with Crippen molar-refractivity contribution in [3.63, 3.8) is 0 Å². The van der Waals surface area contributed by atoms with Crippen LogP contribution < -0.4 is 10.3 Å². The molecule has 1 heterocycles. The Bertz CT molecular complexity index is 973. The number of hydrogen-bond acceptors (Lipinski definition) is 4. The number of sulfonamides is 1. The standard InChI is InChI=1S/C18H18F2N2O4S/c1-11-7-13(12-3-2-4-14(19)8-12)9-16(17(11)20)18(23)21-22-27(24,25)15-5-6-26-10-15/h2-4,7-9,15,22H,5-6,10H2,1H3,(H,21,23). The summed E-state index contributed by atoms with van der Waals surface area (Å²) in [5.41, 5.74) is 2.76. The highest BCUT2D eigenvalue weighted by molar-refractivity contribution is 7.90. The molecular weight excluding hydrogens is 378 g/mol. The van der Waals surface area contributed by atoms with Crippen LogP contribution in [0.2, 0.25) is 0 Å². The molecule has 0 aromatic heterocycles. The SMILES string of the molecule is Cc1cc(-c2cccc(F)c2)cc(C(=O)NNS(=O)(=O)C2CCOC2)c1F. The van der Waals surface area contributed by atoms with Crippen LogP contribution in [0.1, 0.15) is 22.3 Å². The van der Waals surface area contributed by atoms with E-state index in [1.54, 1.807) is 6.07 Å². The Morgan fingerprint density at radius 1 is 1.19 bits per heavy atom. The largest absolute Gasteiger partial charge is 0.380 e. The van der Waals surface area contributed by atoms with E-state index in [0.717, 1.165) is 0 Å². The van der Waals surface area contributed by atoms with Gasteiger partial charge in [0.1, 0.15) is 16.9 Å². The summed E-state index contributed by atoms with van der Waals surface area (Å²) in [4.78, 5) is 14.3. The minimum absolute atomic E-state index is 0.0354. The van der Waals surface area contributed by atoms with Gasteiger partial charge in [0.05, 0.1) is 12.2 Å². The van der Waals surface area contributed by atoms with Crippen molar-refractivity contribution in [3.05, 3.63) is 59.2 Å². The number of rotatable bonds is 5. The van der Waals surface area contributed by atoms with E-state index in [1.807, 2.05) is 10.3 Å². The van der Waals surface area contributed by atoms with Gasteiger partial charge in [0.2, 0.25) is 10.0 Å². The number of amides is 1. The van der Waals surface area contributed by atoms with Gasteiger partial charge in [0.15, 0.2) is 0 Å². The fourth-order valence-electron chi connectivity index (χ4n) is 2.80. The Labute approximate surface area is 155 Å². The number of nitrogens with one attached hydrogen (secondary N) is 2. The normalized spacial score (nSPS) is 17.1. The van der Waals surface area contributed by atoms with Crippen LogP contribution in [-0.2, 0) is 14.8 Å². The van der Waals surface area contributed by atoms with Crippen molar-refractivity contribution in [1.29, 1.82) is 0 Å². The first-order valence-corrected chi connectivity index (χ1v) is 9.77. The Kier molecular flexibility index (Phi) is 5.54. The summed E-state index contributed by atoms with van der Waals surface area (Å²) in [6.07, 6.45) is 0.313. The minimum atomic E-state index is -3.83. The van der Waals surface area contributed by atoms with Crippen LogP contribution in [0.25, 0.3) is 11.1 Å². The zero-order chi connectivity index (χ0) is 19.6. The van der Waals surface area contributed by atoms with E-state index in [1.165, 1.54) is 37.3 Å². The van der Waals surface area contributed by atoms with Gasteiger partial charge in [-0.1, -0.05) is 12.1 Å². The van der Waals surface area contributed by atoms with Crippen molar-refractivity contribution >= 4 is 15.9 Å². The number of carbonyl (C=O) groups is 1. The summed E-state index contributed by atoms with van der Waals surface area (Å²) in [5, 5.41) is -0.775. The van der Waals surface area contributed by atoms with Crippen molar-refractivity contribution in [2.45, 2.75) is 18.6 Å². The molecule has 1 unspecified atom stereocenters. The van der Waals surface area contributed by atoms with Crippen LogP contribution >= 0.6 is 0 Å². The molecule has 1 amide bonds. The van der Waals surface area contributed by atoms with Crippen molar-refractivity contribution < 1.29 is 26.7 Å². The van der Waals surface area contributed by atoms with Gasteiger partial charge in [0.25, 0.3) is 5.91 Å². The maximum Gasteiger partial charge on any atom is 0.269 e. The molecule has 1 fully saturated rings. The van der Waals surface area contributed by atoms with E-state index in [0.29, 0.717) is 24.2 Å². The van der Waals surface area contributed by atoms with Gasteiger partial charge in [0, 0.05) is 6.61 Å². The molecule has 2 aromatic carbocycles. The summed E-state index contributed by atoms with van der Waals surface area (Å²) in [5.74, 6) is -2.19. The third kappa shape index (κ3) is 4.32. The Morgan fingerprint density at radius 3 is 2.63 bits per heavy atom. The Balaban J connectivity index is 1.84. The fraction of sp³-hybridized carbons (Fsp3) is 0.278. The van der Waals surface area contributed by atoms with E-state index in [2.05, 4.69) is 0 Å². The Morgan fingerprint density at radius 2 is 1.96 bits per heavy atom. The molecular formula is C18H18F2N2O4S. The second kappa shape index (κ2) is 7.71. The van der Waals surface area contributed by atoms with Crippen molar-refractivity contribution in [1.82, 2.24) is 10.3 Å². The van der Waals surface area contributed by atoms with Crippen LogP contribution in [0.4, 0.5) is 8.78 Å². The van der Waals surface area contributed by atoms with Gasteiger partial charge in [-0.15, -0.1) is 4.83 Å². The molecule has 1 saturated heterocycles. The summed E-state index contributed by atoms with van der Waals surface area (Å²) < 4.78 is 57.1. The second-order valence-corrected chi connectivity index (χ2v) is 8.21. The van der Waals surface area contributed by atoms with Gasteiger partial charge < -0.3 is 4.74 Å². The number of aryl methyl sites for hydroxylation is 1. The molecule has 1 atom stereocenters. The lowest BCUT2D eigenvalue weighted by molar-refractivity contribution is 0.0940. The van der Waals surface area contributed by atoms with E-state index >= 15 is 0 Å². The third-order valence-electron chi connectivity index (χ3n) is 4.29. The zero-order valence-electron chi connectivity index (χ0n) is 14.5. The molecule has 1 aliphatic heterocycles. The van der Waals surface area contributed by atoms with Gasteiger partial charge in [-0.05, 0) is 54.3 Å². The third-order valence-corrected chi connectivity index (χ3v) is 5.93. The fourth-order valence-corrected chi connectivity index (χ4v) is 3.88. The van der Waals surface area contributed by atoms with E-state index in [9.17, 15) is 22.0 Å². The molecule has 9 heteroatoms. The van der Waals surface area contributed by atoms with Crippen molar-refractivity contribution in [2.75, 3.05) is 13.2 Å². The molecule has 1 aliphatic rings. The molecule has 2 N–H and O–H groups in total. The summed E-state index contributed by atoms with van der Waals surface area (Å²) in [7, 11) is -3.83. The molecule has 144 valence electrons. The van der Waals surface area contributed by atoms with Crippen molar-refractivity contribution in [3.8, 4) is 11.1 Å². The van der Waals surface area contributed by atoms with Crippen LogP contribution in [0, 0.1) is 18.6 Å². The van der Waals surface area contributed by atoms with Gasteiger partial charge in [-0.2, -0.15) is 0 Å². The lowest BCUT2D eigenvalue weighted by atomic mass is 9.99. The molecule has 2 aromatic rings. The number of hydrazine groups is 1. The number of benzene rings is 2. The van der Waals surface area contributed by atoms with E-state index < -0.39 is 32.8 Å². The maximum absolute atomic E-state index is 14.4. The lowest BCUT2D eigenvalue weighted by Crippen LogP contribution is -2.46. The smallest absolute Gasteiger partial charge is 0.269 e. The maximum atomic E-state index is 14.4. The minimum Gasteiger partial charge on any atom is -0.380 e. The van der Waals surface area contributed by atoms with Crippen LogP contribution in [0.15, 0.2) is 36.4 Å². The van der Waals surface area contributed by atoms with E-state index in [-0.39, 0.29) is 17.7 Å². The highest BCUT2D eigenvalue weighted by Gasteiger charge is 2.30. The molecule has 27 heavy (non-hydrogen) atoms. The van der Waals surface area contributed by atoms with Crippen molar-refractivity contribution in [2.24, 2.45) is 0 Å². The van der Waals surface area contributed by atoms with Crippen LogP contribution in [0.3, 0.4) is 0 Å². The summed E-state index contributed by atoms with van der Waals surface area (Å²) >= 11 is 0. The average Bonchev–Trinajstić information content (AvgIpc) is 3.17. The highest BCUT2D eigenvalue weighted by atomic mass is 32.2. The monoisotopic (exact) mass is 396 g/mol. The number of halogens is 2. The second-order valence-electron chi connectivity index (χ2n) is 6.25. The van der Waals surface area contributed by atoms with Crippen LogP contribution in [-0.4, -0.2) is 32.8 Å². The van der Waals surface area contributed by atoms with Crippen LogP contribution in [0.5, 0.6) is 0 Å². The molecule has 0 aliphatic carbocycles.